The molecule has 174 valence electrons. The zero-order valence-electron chi connectivity index (χ0n) is 17.8. The van der Waals surface area contributed by atoms with E-state index in [-0.39, 0.29) is 40.3 Å². The van der Waals surface area contributed by atoms with Gasteiger partial charge in [-0.25, -0.2) is 9.78 Å². The number of nitro groups is 1. The third-order valence-electron chi connectivity index (χ3n) is 4.78. The first kappa shape index (κ1) is 22.9. The molecule has 0 atom stereocenters. The summed E-state index contributed by atoms with van der Waals surface area (Å²) in [5.41, 5.74) is 0.917. The molecule has 0 bridgehead atoms. The molecule has 0 spiro atoms. The van der Waals surface area contributed by atoms with E-state index in [1.807, 2.05) is 6.07 Å². The highest BCUT2D eigenvalue weighted by atomic mass is 32.1. The summed E-state index contributed by atoms with van der Waals surface area (Å²) in [4.78, 5) is 53.9. The summed E-state index contributed by atoms with van der Waals surface area (Å²) in [6.45, 7) is 1.13. The van der Waals surface area contributed by atoms with E-state index in [4.69, 9.17) is 9.47 Å². The van der Waals surface area contributed by atoms with Crippen LogP contribution in [0.3, 0.4) is 0 Å². The average molecular weight is 482 g/mol. The highest BCUT2D eigenvalue weighted by molar-refractivity contribution is 7.18. The van der Waals surface area contributed by atoms with Crippen LogP contribution in [0.1, 0.15) is 16.6 Å². The van der Waals surface area contributed by atoms with Crippen molar-refractivity contribution in [3.8, 4) is 17.0 Å². The largest absolute Gasteiger partial charge is 0.482 e. The van der Waals surface area contributed by atoms with Crippen molar-refractivity contribution in [1.82, 2.24) is 4.98 Å². The summed E-state index contributed by atoms with van der Waals surface area (Å²) in [5.74, 6) is -1.44. The molecule has 0 saturated heterocycles. The van der Waals surface area contributed by atoms with Gasteiger partial charge in [0.25, 0.3) is 11.6 Å². The number of nitrogens with zero attached hydrogens (tertiary/aromatic N) is 3. The Morgan fingerprint density at radius 2 is 2.03 bits per heavy atom. The van der Waals surface area contributed by atoms with Gasteiger partial charge in [-0.1, -0.05) is 41.7 Å². The number of non-ortho nitro benzene ring substituents is 1. The van der Waals surface area contributed by atoms with Gasteiger partial charge in [0.15, 0.2) is 11.7 Å². The molecule has 0 fully saturated rings. The first-order valence-corrected chi connectivity index (χ1v) is 10.9. The number of amides is 2. The van der Waals surface area contributed by atoms with Crippen LogP contribution in [0.15, 0.2) is 48.5 Å². The number of carbonyl (C=O) groups is 3. The van der Waals surface area contributed by atoms with Crippen molar-refractivity contribution < 1.29 is 28.8 Å². The summed E-state index contributed by atoms with van der Waals surface area (Å²) in [7, 11) is 0. The summed E-state index contributed by atoms with van der Waals surface area (Å²) in [6, 6.07) is 12.8. The highest BCUT2D eigenvalue weighted by Crippen LogP contribution is 2.35. The van der Waals surface area contributed by atoms with Crippen LogP contribution in [0.25, 0.3) is 11.3 Å². The van der Waals surface area contributed by atoms with E-state index in [9.17, 15) is 24.5 Å². The Morgan fingerprint density at radius 1 is 1.26 bits per heavy atom. The van der Waals surface area contributed by atoms with E-state index in [2.05, 4.69) is 10.3 Å². The number of carbonyl (C=O) groups excluding carboxylic acids is 3. The van der Waals surface area contributed by atoms with Crippen LogP contribution < -0.4 is 15.0 Å². The number of aromatic nitrogens is 1. The Hall–Kier alpha value is -4.32. The minimum Gasteiger partial charge on any atom is -0.482 e. The van der Waals surface area contributed by atoms with E-state index in [1.54, 1.807) is 31.2 Å². The molecule has 0 radical (unpaired) electrons. The Bertz CT molecular complexity index is 1280. The van der Waals surface area contributed by atoms with Gasteiger partial charge in [0.2, 0.25) is 5.91 Å². The smallest absolute Gasteiger partial charge is 0.350 e. The molecule has 1 aromatic heterocycles. The van der Waals surface area contributed by atoms with Crippen LogP contribution in [-0.4, -0.2) is 47.4 Å². The lowest BCUT2D eigenvalue weighted by Crippen LogP contribution is -2.43. The molecule has 4 rings (SSSR count). The van der Waals surface area contributed by atoms with Gasteiger partial charge < -0.3 is 14.8 Å². The monoisotopic (exact) mass is 482 g/mol. The topological polar surface area (TPSA) is 141 Å². The van der Waals surface area contributed by atoms with Gasteiger partial charge in [0, 0.05) is 17.7 Å². The zero-order valence-corrected chi connectivity index (χ0v) is 18.7. The average Bonchev–Trinajstić information content (AvgIpc) is 3.25. The number of benzene rings is 2. The lowest BCUT2D eigenvalue weighted by atomic mass is 10.1. The van der Waals surface area contributed by atoms with Gasteiger partial charge >= 0.3 is 5.97 Å². The summed E-state index contributed by atoms with van der Waals surface area (Å²) < 4.78 is 10.4. The molecular weight excluding hydrogens is 464 g/mol. The van der Waals surface area contributed by atoms with Crippen LogP contribution in [0.5, 0.6) is 5.75 Å². The van der Waals surface area contributed by atoms with Crippen molar-refractivity contribution in [1.29, 1.82) is 0 Å². The molecule has 1 aliphatic heterocycles. The highest BCUT2D eigenvalue weighted by Gasteiger charge is 2.30. The van der Waals surface area contributed by atoms with Gasteiger partial charge in [-0.2, -0.15) is 0 Å². The molecule has 2 amide bonds. The number of ether oxygens (including phenoxy) is 2. The Morgan fingerprint density at radius 3 is 2.74 bits per heavy atom. The van der Waals surface area contributed by atoms with E-state index in [0.29, 0.717) is 11.3 Å². The maximum absolute atomic E-state index is 12.8. The molecule has 0 unspecified atom stereocenters. The maximum Gasteiger partial charge on any atom is 0.350 e. The molecule has 34 heavy (non-hydrogen) atoms. The number of rotatable bonds is 7. The quantitative estimate of drug-likeness (QED) is 0.307. The minimum absolute atomic E-state index is 0.122. The van der Waals surface area contributed by atoms with Crippen LogP contribution in [0.4, 0.5) is 16.5 Å². The fraction of sp³-hybridized carbons (Fsp3) is 0.182. The van der Waals surface area contributed by atoms with E-state index in [0.717, 1.165) is 16.2 Å². The van der Waals surface area contributed by atoms with Crippen molar-refractivity contribution in [2.45, 2.75) is 6.92 Å². The Balaban J connectivity index is 1.58. The first-order valence-electron chi connectivity index (χ1n) is 10.1. The molecule has 3 aromatic rings. The number of hydrogen-bond donors (Lipinski definition) is 1. The summed E-state index contributed by atoms with van der Waals surface area (Å²) in [5, 5.41) is 13.9. The third kappa shape index (κ3) is 4.71. The Kier molecular flexibility index (Phi) is 6.50. The van der Waals surface area contributed by atoms with Gasteiger partial charge in [-0.15, -0.1) is 0 Å². The SMILES string of the molecule is CCOC(=O)c1sc(NC(=O)CN2C(=O)COc3ccc([N+](=O)[O-])cc32)nc1-c1ccccc1. The van der Waals surface area contributed by atoms with Crippen LogP contribution in [0.2, 0.25) is 0 Å². The van der Waals surface area contributed by atoms with Gasteiger partial charge in [0.05, 0.1) is 22.9 Å². The molecule has 12 heteroatoms. The molecule has 2 heterocycles. The predicted molar refractivity (Wildman–Crippen MR) is 123 cm³/mol. The van der Waals surface area contributed by atoms with E-state index >= 15 is 0 Å². The van der Waals surface area contributed by atoms with Gasteiger partial charge in [-0.3, -0.25) is 24.6 Å². The third-order valence-corrected chi connectivity index (χ3v) is 5.73. The van der Waals surface area contributed by atoms with Crippen molar-refractivity contribution in [3.05, 3.63) is 63.5 Å². The second-order valence-corrected chi connectivity index (χ2v) is 8.01. The number of hydrogen-bond acceptors (Lipinski definition) is 9. The Labute approximate surface area is 197 Å². The first-order chi connectivity index (χ1) is 16.4. The number of esters is 1. The maximum atomic E-state index is 12.8. The minimum atomic E-state index is -0.602. The second kappa shape index (κ2) is 9.67. The van der Waals surface area contributed by atoms with Crippen molar-refractivity contribution in [3.63, 3.8) is 0 Å². The predicted octanol–water partition coefficient (Wildman–Crippen LogP) is 3.26. The van der Waals surface area contributed by atoms with Crippen LogP contribution >= 0.6 is 11.3 Å². The molecule has 11 nitrogen and oxygen atoms in total. The molecule has 2 aromatic carbocycles. The van der Waals surface area contributed by atoms with E-state index in [1.165, 1.54) is 18.2 Å². The van der Waals surface area contributed by atoms with Crippen molar-refractivity contribution in [2.75, 3.05) is 30.0 Å². The van der Waals surface area contributed by atoms with Crippen LogP contribution in [0, 0.1) is 10.1 Å². The molecule has 0 saturated carbocycles. The number of thiazole rings is 1. The van der Waals surface area contributed by atoms with E-state index < -0.39 is 29.3 Å². The normalized spacial score (nSPS) is 12.5. The zero-order chi connectivity index (χ0) is 24.2. The summed E-state index contributed by atoms with van der Waals surface area (Å²) >= 11 is 0.950. The number of nitro benzene ring substituents is 1. The van der Waals surface area contributed by atoms with Crippen molar-refractivity contribution >= 4 is 45.6 Å². The fourth-order valence-corrected chi connectivity index (χ4v) is 4.18. The standard InChI is InChI=1S/C22H18N4O7S/c1-2-32-21(29)20-19(13-6-4-3-5-7-13)24-22(34-20)23-17(27)11-25-15-10-14(26(30)31)8-9-16(15)33-12-18(25)28/h3-10H,2,11-12H2,1H3,(H,23,24,27). The molecule has 1 aliphatic rings. The van der Waals surface area contributed by atoms with Crippen molar-refractivity contribution in [2.24, 2.45) is 0 Å². The molecule has 1 N–H and O–H groups in total. The van der Waals surface area contributed by atoms with Gasteiger partial charge in [0.1, 0.15) is 17.2 Å². The summed E-state index contributed by atoms with van der Waals surface area (Å²) in [6.07, 6.45) is 0. The number of fused-ring (bicyclic) bond motifs is 1. The fourth-order valence-electron chi connectivity index (χ4n) is 3.28. The molecule has 0 aliphatic carbocycles. The lowest BCUT2D eigenvalue weighted by Gasteiger charge is -2.28. The lowest BCUT2D eigenvalue weighted by molar-refractivity contribution is -0.384. The number of anilines is 2. The molecular formula is C22H18N4O7S. The second-order valence-electron chi connectivity index (χ2n) is 7.01. The van der Waals surface area contributed by atoms with Gasteiger partial charge in [-0.05, 0) is 13.0 Å². The number of nitrogens with one attached hydrogen (secondary N) is 1. The van der Waals surface area contributed by atoms with Crippen LogP contribution in [-0.2, 0) is 14.3 Å².